The number of methoxy groups -OCH3 is 1. The van der Waals surface area contributed by atoms with E-state index in [1.807, 2.05) is 24.3 Å². The molecule has 0 saturated heterocycles. The first-order chi connectivity index (χ1) is 15.4. The van der Waals surface area contributed by atoms with Crippen LogP contribution in [0.15, 0.2) is 76.3 Å². The molecule has 2 amide bonds. The normalized spacial score (nSPS) is 10.6. The summed E-state index contributed by atoms with van der Waals surface area (Å²) in [4.78, 5) is 24.3. The van der Waals surface area contributed by atoms with Crippen LogP contribution in [0.4, 0.5) is 5.69 Å². The summed E-state index contributed by atoms with van der Waals surface area (Å²) >= 11 is 5.54. The van der Waals surface area contributed by atoms with Crippen molar-refractivity contribution in [2.24, 2.45) is 5.10 Å². The molecule has 3 aromatic carbocycles. The minimum absolute atomic E-state index is 0.107. The van der Waals surface area contributed by atoms with Crippen LogP contribution in [-0.2, 0) is 4.79 Å². The highest BCUT2D eigenvalue weighted by Crippen LogP contribution is 2.22. The number of hydrazone groups is 1. The number of hydrogen-bond acceptors (Lipinski definition) is 5. The van der Waals surface area contributed by atoms with Gasteiger partial charge in [0.15, 0.2) is 6.61 Å². The second-order valence-corrected chi connectivity index (χ2v) is 8.62. The summed E-state index contributed by atoms with van der Waals surface area (Å²) in [6, 6.07) is 19.6. The molecule has 32 heavy (non-hydrogen) atoms. The van der Waals surface area contributed by atoms with Crippen LogP contribution in [0.1, 0.15) is 15.9 Å². The summed E-state index contributed by atoms with van der Waals surface area (Å²) in [5.74, 6) is 0.359. The number of nitrogens with one attached hydrogen (secondary N) is 2. The topological polar surface area (TPSA) is 89.0 Å². The maximum atomic E-state index is 12.3. The average Bonchev–Trinajstić information content (AvgIpc) is 2.80. The molecule has 0 fully saturated rings. The van der Waals surface area contributed by atoms with Gasteiger partial charge in [-0.05, 0) is 94.9 Å². The largest absolute Gasteiger partial charge is 0.496 e. The van der Waals surface area contributed by atoms with E-state index in [1.54, 1.807) is 42.5 Å². The predicted molar refractivity (Wildman–Crippen MR) is 135 cm³/mol. The van der Waals surface area contributed by atoms with Crippen molar-refractivity contribution in [3.8, 4) is 11.5 Å². The minimum atomic E-state index is -0.390. The number of carbonyl (C=O) groups is 2. The molecule has 0 atom stereocenters. The highest BCUT2D eigenvalue weighted by atomic mass is 127. The Hall–Kier alpha value is -2.92. The fourth-order valence-corrected chi connectivity index (χ4v) is 3.33. The molecule has 0 bridgehead atoms. The summed E-state index contributed by atoms with van der Waals surface area (Å²) in [5, 5.41) is 6.75. The van der Waals surface area contributed by atoms with Crippen LogP contribution in [0.5, 0.6) is 11.5 Å². The number of amides is 2. The van der Waals surface area contributed by atoms with Gasteiger partial charge in [0.1, 0.15) is 11.5 Å². The maximum absolute atomic E-state index is 12.3. The van der Waals surface area contributed by atoms with Crippen LogP contribution in [0.25, 0.3) is 0 Å². The van der Waals surface area contributed by atoms with Gasteiger partial charge in [-0.1, -0.05) is 15.9 Å². The smallest absolute Gasteiger partial charge is 0.275 e. The van der Waals surface area contributed by atoms with Gasteiger partial charge in [0.05, 0.1) is 18.9 Å². The van der Waals surface area contributed by atoms with Crippen molar-refractivity contribution in [1.82, 2.24) is 5.43 Å². The molecule has 3 rings (SSSR count). The van der Waals surface area contributed by atoms with Gasteiger partial charge >= 0.3 is 0 Å². The highest BCUT2D eigenvalue weighted by Gasteiger charge is 2.12. The van der Waals surface area contributed by atoms with Gasteiger partial charge in [0.2, 0.25) is 0 Å². The molecule has 0 aliphatic rings. The van der Waals surface area contributed by atoms with Crippen LogP contribution in [0.3, 0.4) is 0 Å². The van der Waals surface area contributed by atoms with Crippen molar-refractivity contribution in [3.05, 3.63) is 85.9 Å². The van der Waals surface area contributed by atoms with Crippen molar-refractivity contribution in [2.75, 3.05) is 19.0 Å². The van der Waals surface area contributed by atoms with Crippen molar-refractivity contribution < 1.29 is 19.1 Å². The van der Waals surface area contributed by atoms with Gasteiger partial charge in [0.25, 0.3) is 11.8 Å². The Morgan fingerprint density at radius 2 is 1.78 bits per heavy atom. The van der Waals surface area contributed by atoms with Gasteiger partial charge in [0, 0.05) is 13.7 Å². The molecule has 0 unspecified atom stereocenters. The van der Waals surface area contributed by atoms with Crippen LogP contribution in [0.2, 0.25) is 0 Å². The first-order valence-corrected chi connectivity index (χ1v) is 11.3. The molecule has 7 nitrogen and oxygen atoms in total. The SMILES string of the molecule is COc1ccc(Br)cc1C(=O)N/N=C\c1ccc(OCC(=O)Nc2ccc(I)cc2)cc1. The standard InChI is InChI=1S/C23H19BrIN3O4/c1-31-21-11-4-16(24)12-20(21)23(30)28-26-13-15-2-9-19(10-3-15)32-14-22(29)27-18-7-5-17(25)6-8-18/h2-13H,14H2,1H3,(H,27,29)(H,28,30)/b26-13-. The summed E-state index contributed by atoms with van der Waals surface area (Å²) in [7, 11) is 1.50. The Labute approximate surface area is 207 Å². The highest BCUT2D eigenvalue weighted by molar-refractivity contribution is 14.1. The lowest BCUT2D eigenvalue weighted by molar-refractivity contribution is -0.118. The lowest BCUT2D eigenvalue weighted by Gasteiger charge is -2.08. The van der Waals surface area contributed by atoms with E-state index < -0.39 is 5.91 Å². The molecule has 0 aromatic heterocycles. The van der Waals surface area contributed by atoms with E-state index in [2.05, 4.69) is 54.4 Å². The summed E-state index contributed by atoms with van der Waals surface area (Å²) in [6.07, 6.45) is 1.51. The Bertz CT molecular complexity index is 1120. The molecular formula is C23H19BrIN3O4. The molecule has 0 aliphatic heterocycles. The first kappa shape index (κ1) is 23.7. The van der Waals surface area contributed by atoms with E-state index >= 15 is 0 Å². The molecule has 164 valence electrons. The maximum Gasteiger partial charge on any atom is 0.275 e. The summed E-state index contributed by atoms with van der Waals surface area (Å²) < 4.78 is 12.6. The van der Waals surface area contributed by atoms with E-state index in [-0.39, 0.29) is 12.5 Å². The van der Waals surface area contributed by atoms with Crippen molar-refractivity contribution >= 4 is 62.2 Å². The molecule has 2 N–H and O–H groups in total. The van der Waals surface area contributed by atoms with E-state index in [0.717, 1.165) is 13.6 Å². The zero-order valence-corrected chi connectivity index (χ0v) is 20.7. The lowest BCUT2D eigenvalue weighted by Crippen LogP contribution is -2.20. The first-order valence-electron chi connectivity index (χ1n) is 9.40. The summed E-state index contributed by atoms with van der Waals surface area (Å²) in [6.45, 7) is -0.107. The third-order valence-electron chi connectivity index (χ3n) is 4.16. The van der Waals surface area contributed by atoms with Crippen LogP contribution in [0, 0.1) is 3.57 Å². The van der Waals surface area contributed by atoms with Gasteiger partial charge in [-0.25, -0.2) is 5.43 Å². The monoisotopic (exact) mass is 607 g/mol. The van der Waals surface area contributed by atoms with Gasteiger partial charge in [-0.15, -0.1) is 0 Å². The number of carbonyl (C=O) groups excluding carboxylic acids is 2. The molecule has 3 aromatic rings. The van der Waals surface area contributed by atoms with Crippen LogP contribution in [-0.4, -0.2) is 31.7 Å². The van der Waals surface area contributed by atoms with Crippen LogP contribution >= 0.6 is 38.5 Å². The summed E-state index contributed by atoms with van der Waals surface area (Å²) in [5.41, 5.74) is 4.31. The average molecular weight is 608 g/mol. The van der Waals surface area contributed by atoms with Crippen LogP contribution < -0.4 is 20.2 Å². The van der Waals surface area contributed by atoms with E-state index in [9.17, 15) is 9.59 Å². The fourth-order valence-electron chi connectivity index (χ4n) is 2.61. The number of hydrogen-bond donors (Lipinski definition) is 2. The van der Waals surface area contributed by atoms with Crippen molar-refractivity contribution in [1.29, 1.82) is 0 Å². The molecular weight excluding hydrogens is 589 g/mol. The second-order valence-electron chi connectivity index (χ2n) is 6.46. The second kappa shape index (κ2) is 11.6. The van der Waals surface area contributed by atoms with Crippen molar-refractivity contribution in [2.45, 2.75) is 0 Å². The van der Waals surface area contributed by atoms with Gasteiger partial charge < -0.3 is 14.8 Å². The predicted octanol–water partition coefficient (Wildman–Crippen LogP) is 4.84. The van der Waals surface area contributed by atoms with Crippen molar-refractivity contribution in [3.63, 3.8) is 0 Å². The molecule has 9 heteroatoms. The third kappa shape index (κ3) is 7.06. The van der Waals surface area contributed by atoms with E-state index in [0.29, 0.717) is 22.7 Å². The Balaban J connectivity index is 1.49. The molecule has 0 radical (unpaired) electrons. The van der Waals surface area contributed by atoms with E-state index in [4.69, 9.17) is 9.47 Å². The third-order valence-corrected chi connectivity index (χ3v) is 5.38. The molecule has 0 saturated carbocycles. The molecule has 0 aliphatic carbocycles. The number of ether oxygens (including phenoxy) is 2. The number of halogens is 2. The number of nitrogens with zero attached hydrogens (tertiary/aromatic N) is 1. The zero-order valence-electron chi connectivity index (χ0n) is 17.0. The van der Waals surface area contributed by atoms with Gasteiger partial charge in [-0.2, -0.15) is 5.10 Å². The fraction of sp³-hybridized carbons (Fsp3) is 0.0870. The zero-order chi connectivity index (χ0) is 22.9. The molecule has 0 heterocycles. The Morgan fingerprint density at radius 1 is 1.06 bits per heavy atom. The quantitative estimate of drug-likeness (QED) is 0.218. The number of rotatable bonds is 8. The van der Waals surface area contributed by atoms with Gasteiger partial charge in [-0.3, -0.25) is 9.59 Å². The Morgan fingerprint density at radius 3 is 2.47 bits per heavy atom. The lowest BCUT2D eigenvalue weighted by atomic mass is 10.2. The number of anilines is 1. The molecule has 0 spiro atoms. The number of benzene rings is 3. The van der Waals surface area contributed by atoms with E-state index in [1.165, 1.54) is 13.3 Å². The minimum Gasteiger partial charge on any atom is -0.496 e. The Kier molecular flexibility index (Phi) is 8.63.